The Hall–Kier alpha value is -3.73. The van der Waals surface area contributed by atoms with Crippen molar-refractivity contribution in [1.29, 1.82) is 0 Å². The molecular formula is C27H22N2O4S. The van der Waals surface area contributed by atoms with Gasteiger partial charge in [-0.15, -0.1) is 0 Å². The molecule has 0 atom stereocenters. The van der Waals surface area contributed by atoms with Gasteiger partial charge in [0.1, 0.15) is 23.4 Å². The molecule has 0 saturated carbocycles. The number of carboxylic acid groups (broad SMARTS) is 1. The van der Waals surface area contributed by atoms with Gasteiger partial charge in [0.15, 0.2) is 0 Å². The van der Waals surface area contributed by atoms with E-state index in [2.05, 4.69) is 22.0 Å². The molecule has 1 fully saturated rings. The molecule has 0 aliphatic carbocycles. The highest BCUT2D eigenvalue weighted by Crippen LogP contribution is 2.30. The number of aromatic amines is 1. The third-order valence-electron chi connectivity index (χ3n) is 5.86. The number of carbonyl (C=O) groups is 1. The summed E-state index contributed by atoms with van der Waals surface area (Å²) in [5.74, 6) is 7.46. The van der Waals surface area contributed by atoms with Gasteiger partial charge in [0, 0.05) is 34.9 Å². The number of ether oxygens (including phenoxy) is 1. The van der Waals surface area contributed by atoms with Crippen molar-refractivity contribution in [2.45, 2.75) is 18.9 Å². The van der Waals surface area contributed by atoms with Gasteiger partial charge in [-0.05, 0) is 48.0 Å². The summed E-state index contributed by atoms with van der Waals surface area (Å²) in [6, 6.07) is 18.4. The van der Waals surface area contributed by atoms with E-state index in [0.29, 0.717) is 22.6 Å². The highest BCUT2D eigenvalue weighted by Gasteiger charge is 2.23. The Morgan fingerprint density at radius 2 is 1.88 bits per heavy atom. The van der Waals surface area contributed by atoms with Gasteiger partial charge in [-0.3, -0.25) is 5.10 Å². The van der Waals surface area contributed by atoms with Crippen LogP contribution < -0.4 is 4.74 Å². The molecule has 170 valence electrons. The summed E-state index contributed by atoms with van der Waals surface area (Å²) in [6.45, 7) is 0. The molecule has 34 heavy (non-hydrogen) atoms. The number of hydrogen-bond donors (Lipinski definition) is 2. The Morgan fingerprint density at radius 1 is 1.09 bits per heavy atom. The number of nitrogens with zero attached hydrogens (tertiary/aromatic N) is 1. The molecule has 0 radical (unpaired) electrons. The number of nitrogens with one attached hydrogen (secondary N) is 1. The van der Waals surface area contributed by atoms with Gasteiger partial charge in [-0.2, -0.15) is 5.10 Å². The fraction of sp³-hybridized carbons (Fsp3) is 0.185. The van der Waals surface area contributed by atoms with Crippen LogP contribution in [0, 0.1) is 11.8 Å². The highest BCUT2D eigenvalue weighted by molar-refractivity contribution is 7.91. The van der Waals surface area contributed by atoms with Crippen molar-refractivity contribution in [2.24, 2.45) is 0 Å². The monoisotopic (exact) mass is 470 g/mol. The fourth-order valence-electron chi connectivity index (χ4n) is 4.08. The van der Waals surface area contributed by atoms with Crippen molar-refractivity contribution < 1.29 is 19.2 Å². The summed E-state index contributed by atoms with van der Waals surface area (Å²) in [4.78, 5) is 12.0. The van der Waals surface area contributed by atoms with Crippen LogP contribution in [0.1, 0.15) is 34.3 Å². The van der Waals surface area contributed by atoms with E-state index in [-0.39, 0.29) is 11.7 Å². The zero-order chi connectivity index (χ0) is 23.5. The van der Waals surface area contributed by atoms with Crippen molar-refractivity contribution >= 4 is 28.0 Å². The first-order chi connectivity index (χ1) is 16.6. The molecule has 0 unspecified atom stereocenters. The molecule has 0 spiro atoms. The second-order valence-corrected chi connectivity index (χ2v) is 9.84. The number of H-pyrrole nitrogens is 1. The van der Waals surface area contributed by atoms with Gasteiger partial charge in [-0.1, -0.05) is 41.2 Å². The normalized spacial score (nSPS) is 17.7. The Morgan fingerprint density at radius 3 is 2.65 bits per heavy atom. The molecule has 5 rings (SSSR count). The number of benzene rings is 3. The van der Waals surface area contributed by atoms with Crippen LogP contribution in [0.3, 0.4) is 0 Å². The third-order valence-corrected chi connectivity index (χ3v) is 7.24. The van der Waals surface area contributed by atoms with E-state index in [4.69, 9.17) is 4.74 Å². The molecule has 7 heteroatoms. The lowest BCUT2D eigenvalue weighted by molar-refractivity contribution is 0.0697. The number of hydrogen-bond acceptors (Lipinski definition) is 4. The molecule has 6 nitrogen and oxygen atoms in total. The van der Waals surface area contributed by atoms with E-state index in [1.165, 1.54) is 0 Å². The zero-order valence-corrected chi connectivity index (χ0v) is 19.1. The summed E-state index contributed by atoms with van der Waals surface area (Å²) in [6.07, 6.45) is 3.44. The minimum absolute atomic E-state index is 0.100. The lowest BCUT2D eigenvalue weighted by atomic mass is 9.93. The van der Waals surface area contributed by atoms with E-state index < -0.39 is 17.1 Å². The van der Waals surface area contributed by atoms with E-state index in [0.717, 1.165) is 40.6 Å². The smallest absolute Gasteiger partial charge is 0.336 e. The van der Waals surface area contributed by atoms with Gasteiger partial charge in [0.2, 0.25) is 0 Å². The van der Waals surface area contributed by atoms with E-state index in [9.17, 15) is 14.5 Å². The van der Waals surface area contributed by atoms with Gasteiger partial charge in [0.25, 0.3) is 0 Å². The summed E-state index contributed by atoms with van der Waals surface area (Å²) >= 11 is -0.709. The molecular weight excluding hydrogens is 448 g/mol. The van der Waals surface area contributed by atoms with Crippen LogP contribution in [0.4, 0.5) is 0 Å². The Labute approximate surface area is 200 Å². The zero-order valence-electron chi connectivity index (χ0n) is 18.3. The summed E-state index contributed by atoms with van der Waals surface area (Å²) in [5.41, 5.74) is 3.80. The molecule has 1 aliphatic rings. The van der Waals surface area contributed by atoms with Crippen molar-refractivity contribution in [3.05, 3.63) is 83.6 Å². The van der Waals surface area contributed by atoms with Crippen LogP contribution >= 0.6 is 0 Å². The minimum Gasteiger partial charge on any atom is -0.616 e. The van der Waals surface area contributed by atoms with Crippen molar-refractivity contribution in [1.82, 2.24) is 10.2 Å². The lowest BCUT2D eigenvalue weighted by Gasteiger charge is -2.25. The molecule has 1 aromatic heterocycles. The predicted octanol–water partition coefficient (Wildman–Crippen LogP) is 4.62. The van der Waals surface area contributed by atoms with Crippen LogP contribution in [-0.2, 0) is 11.2 Å². The first-order valence-corrected chi connectivity index (χ1v) is 12.5. The first kappa shape index (κ1) is 22.1. The largest absolute Gasteiger partial charge is 0.616 e. The fourth-order valence-corrected chi connectivity index (χ4v) is 5.33. The second kappa shape index (κ2) is 9.64. The van der Waals surface area contributed by atoms with Crippen LogP contribution in [0.15, 0.2) is 66.9 Å². The topological polar surface area (TPSA) is 98.3 Å². The van der Waals surface area contributed by atoms with Crippen molar-refractivity contribution in [3.8, 4) is 28.7 Å². The van der Waals surface area contributed by atoms with E-state index in [1.54, 1.807) is 18.3 Å². The average Bonchev–Trinajstić information content (AvgIpc) is 3.33. The molecule has 1 saturated heterocycles. The van der Waals surface area contributed by atoms with Crippen LogP contribution in [-0.4, -0.2) is 43.4 Å². The molecule has 2 heterocycles. The molecule has 1 aliphatic heterocycles. The third kappa shape index (κ3) is 4.79. The summed E-state index contributed by atoms with van der Waals surface area (Å²) in [7, 11) is 0. The van der Waals surface area contributed by atoms with Crippen molar-refractivity contribution in [2.75, 3.05) is 11.5 Å². The number of carboxylic acids is 1. The maximum atomic E-state index is 12.0. The number of fused-ring (bicyclic) bond motifs is 1. The predicted molar refractivity (Wildman–Crippen MR) is 132 cm³/mol. The van der Waals surface area contributed by atoms with Crippen LogP contribution in [0.2, 0.25) is 0 Å². The molecule has 0 amide bonds. The van der Waals surface area contributed by atoms with Gasteiger partial charge < -0.3 is 14.4 Å². The maximum Gasteiger partial charge on any atom is 0.336 e. The number of aromatic nitrogens is 2. The molecule has 2 N–H and O–H groups in total. The SMILES string of the molecule is O=C(O)c1cccc(C#Cc2ccc(OC3CC[S+]([O-])CC3)cc2)c1-c1ccc2cn[nH]c2c1. The first-order valence-electron chi connectivity index (χ1n) is 11.0. The van der Waals surface area contributed by atoms with Crippen molar-refractivity contribution in [3.63, 3.8) is 0 Å². The Balaban J connectivity index is 1.42. The second-order valence-electron chi connectivity index (χ2n) is 8.14. The number of rotatable bonds is 4. The quantitative estimate of drug-likeness (QED) is 0.335. The number of aromatic carboxylic acids is 1. The highest BCUT2D eigenvalue weighted by atomic mass is 32.2. The van der Waals surface area contributed by atoms with E-state index >= 15 is 0 Å². The van der Waals surface area contributed by atoms with E-state index in [1.807, 2.05) is 48.5 Å². The Bertz CT molecular complexity index is 1390. The maximum absolute atomic E-state index is 12.0. The molecule has 0 bridgehead atoms. The molecule has 3 aromatic carbocycles. The van der Waals surface area contributed by atoms with Gasteiger partial charge in [0.05, 0.1) is 17.3 Å². The van der Waals surface area contributed by atoms with Gasteiger partial charge in [-0.25, -0.2) is 4.79 Å². The summed E-state index contributed by atoms with van der Waals surface area (Å²) < 4.78 is 17.5. The average molecular weight is 471 g/mol. The molecule has 4 aromatic rings. The van der Waals surface area contributed by atoms with Crippen LogP contribution in [0.5, 0.6) is 5.75 Å². The van der Waals surface area contributed by atoms with Gasteiger partial charge >= 0.3 is 5.97 Å². The minimum atomic E-state index is -1.00. The Kier molecular flexibility index (Phi) is 6.26. The standard InChI is InChI=1S/C27H22N2O4S/c30-27(31)24-3-1-2-19(26(24)20-8-9-21-17-28-29-25(21)16-20)7-4-18-5-10-22(11-6-18)33-23-12-14-34(32)15-13-23/h1-3,5-6,8-11,16-17,23H,12-15H2,(H,28,29)(H,30,31). The van der Waals surface area contributed by atoms with Crippen LogP contribution in [0.25, 0.3) is 22.0 Å². The summed E-state index contributed by atoms with van der Waals surface area (Å²) in [5, 5.41) is 17.7. The lowest BCUT2D eigenvalue weighted by Crippen LogP contribution is -2.30.